The van der Waals surface area contributed by atoms with Crippen LogP contribution in [0.5, 0.6) is 5.75 Å². The van der Waals surface area contributed by atoms with Crippen LogP contribution in [-0.2, 0) is 0 Å². The van der Waals surface area contributed by atoms with Crippen LogP contribution in [0, 0.1) is 11.8 Å². The lowest BCUT2D eigenvalue weighted by Crippen LogP contribution is -2.38. The molecule has 1 heterocycles. The van der Waals surface area contributed by atoms with E-state index in [2.05, 4.69) is 4.90 Å². The van der Waals surface area contributed by atoms with E-state index in [-0.39, 0.29) is 5.78 Å². The molecule has 0 radical (unpaired) electrons. The van der Waals surface area contributed by atoms with Gasteiger partial charge in [0.15, 0.2) is 5.78 Å². The first kappa shape index (κ1) is 19.5. The van der Waals surface area contributed by atoms with Crippen molar-refractivity contribution in [2.45, 2.75) is 51.4 Å². The Morgan fingerprint density at radius 2 is 1.85 bits per heavy atom. The molecule has 1 saturated heterocycles. The summed E-state index contributed by atoms with van der Waals surface area (Å²) in [5.74, 6) is 1.97. The van der Waals surface area contributed by atoms with E-state index in [4.69, 9.17) is 22.1 Å². The van der Waals surface area contributed by atoms with Gasteiger partial charge in [0.2, 0.25) is 0 Å². The third kappa shape index (κ3) is 4.92. The van der Waals surface area contributed by atoms with Gasteiger partial charge in [-0.25, -0.2) is 0 Å². The van der Waals surface area contributed by atoms with Crippen molar-refractivity contribution >= 4 is 23.1 Å². The molecule has 2 fully saturated rings. The average molecular weight is 379 g/mol. The summed E-state index contributed by atoms with van der Waals surface area (Å²) in [7, 11) is 1.56. The van der Waals surface area contributed by atoms with Gasteiger partial charge in [0, 0.05) is 19.0 Å². The summed E-state index contributed by atoms with van der Waals surface area (Å²) in [6.07, 6.45) is 9.79. The zero-order valence-electron chi connectivity index (χ0n) is 15.8. The van der Waals surface area contributed by atoms with Gasteiger partial charge in [0.05, 0.1) is 23.4 Å². The quantitative estimate of drug-likeness (QED) is 0.570. The number of carbonyl (C=O) groups is 1. The number of carbonyl (C=O) groups excluding carboxylic acids is 1. The summed E-state index contributed by atoms with van der Waals surface area (Å²) in [6.45, 7) is 3.49. The van der Waals surface area contributed by atoms with E-state index in [1.807, 2.05) is 0 Å². The summed E-state index contributed by atoms with van der Waals surface area (Å²) in [5.41, 5.74) is 6.81. The van der Waals surface area contributed by atoms with Crippen molar-refractivity contribution in [3.63, 3.8) is 0 Å². The SMILES string of the molecule is COc1cc(N)c(Cl)cc1C(=O)CC1CCN(CC2CCCCC2)CC1. The molecule has 4 nitrogen and oxygen atoms in total. The van der Waals surface area contributed by atoms with Gasteiger partial charge in [-0.2, -0.15) is 0 Å². The molecule has 0 unspecified atom stereocenters. The van der Waals surface area contributed by atoms with Crippen molar-refractivity contribution in [3.8, 4) is 5.75 Å². The lowest BCUT2D eigenvalue weighted by Gasteiger charge is -2.35. The van der Waals surface area contributed by atoms with E-state index in [1.54, 1.807) is 19.2 Å². The lowest BCUT2D eigenvalue weighted by atomic mass is 9.86. The van der Waals surface area contributed by atoms with Crippen LogP contribution >= 0.6 is 11.6 Å². The highest BCUT2D eigenvalue weighted by Gasteiger charge is 2.25. The van der Waals surface area contributed by atoms with Gasteiger partial charge in [-0.3, -0.25) is 4.79 Å². The predicted molar refractivity (Wildman–Crippen MR) is 107 cm³/mol. The molecule has 1 saturated carbocycles. The molecule has 0 bridgehead atoms. The normalized spacial score (nSPS) is 20.2. The summed E-state index contributed by atoms with van der Waals surface area (Å²) in [4.78, 5) is 15.4. The van der Waals surface area contributed by atoms with Crippen LogP contribution in [0.4, 0.5) is 5.69 Å². The van der Waals surface area contributed by atoms with E-state index in [9.17, 15) is 4.79 Å². The summed E-state index contributed by atoms with van der Waals surface area (Å²) >= 11 is 6.10. The molecule has 0 spiro atoms. The first-order valence-corrected chi connectivity index (χ1v) is 10.3. The Hall–Kier alpha value is -1.26. The third-order valence-corrected chi connectivity index (χ3v) is 6.37. The van der Waals surface area contributed by atoms with Gasteiger partial charge in [-0.15, -0.1) is 0 Å². The molecule has 0 amide bonds. The second-order valence-corrected chi connectivity index (χ2v) is 8.36. The molecule has 3 rings (SSSR count). The zero-order chi connectivity index (χ0) is 18.5. The summed E-state index contributed by atoms with van der Waals surface area (Å²) in [5, 5.41) is 0.413. The van der Waals surface area contributed by atoms with Crippen molar-refractivity contribution in [2.75, 3.05) is 32.5 Å². The molecule has 1 aromatic carbocycles. The van der Waals surface area contributed by atoms with Gasteiger partial charge >= 0.3 is 0 Å². The number of hydrogen-bond acceptors (Lipinski definition) is 4. The molecule has 5 heteroatoms. The second kappa shape index (κ2) is 9.09. The van der Waals surface area contributed by atoms with Crippen molar-refractivity contribution in [3.05, 3.63) is 22.7 Å². The minimum absolute atomic E-state index is 0.106. The number of halogens is 1. The lowest BCUT2D eigenvalue weighted by molar-refractivity contribution is 0.0911. The molecule has 2 N–H and O–H groups in total. The molecule has 0 aromatic heterocycles. The molecular formula is C21H31ClN2O2. The topological polar surface area (TPSA) is 55.6 Å². The van der Waals surface area contributed by atoms with Crippen LogP contribution in [0.15, 0.2) is 12.1 Å². The van der Waals surface area contributed by atoms with E-state index < -0.39 is 0 Å². The number of benzene rings is 1. The van der Waals surface area contributed by atoms with Crippen LogP contribution in [-0.4, -0.2) is 37.4 Å². The highest BCUT2D eigenvalue weighted by molar-refractivity contribution is 6.33. The number of nitrogen functional groups attached to an aromatic ring is 1. The number of anilines is 1. The fourth-order valence-electron chi connectivity index (χ4n) is 4.44. The number of likely N-dealkylation sites (tertiary alicyclic amines) is 1. The average Bonchev–Trinajstić information content (AvgIpc) is 2.66. The Kier molecular flexibility index (Phi) is 6.82. The molecule has 144 valence electrons. The van der Waals surface area contributed by atoms with Gasteiger partial charge < -0.3 is 15.4 Å². The van der Waals surface area contributed by atoms with E-state index in [0.29, 0.717) is 34.4 Å². The fraction of sp³-hybridized carbons (Fsp3) is 0.667. The van der Waals surface area contributed by atoms with Crippen molar-refractivity contribution in [1.82, 2.24) is 4.90 Å². The number of methoxy groups -OCH3 is 1. The number of rotatable bonds is 6. The maximum absolute atomic E-state index is 12.8. The van der Waals surface area contributed by atoms with Crippen molar-refractivity contribution in [1.29, 1.82) is 0 Å². The van der Waals surface area contributed by atoms with Crippen LogP contribution in [0.3, 0.4) is 0 Å². The van der Waals surface area contributed by atoms with Crippen molar-refractivity contribution in [2.24, 2.45) is 11.8 Å². The van der Waals surface area contributed by atoms with Crippen LogP contribution in [0.25, 0.3) is 0 Å². The van der Waals surface area contributed by atoms with Gasteiger partial charge in [-0.1, -0.05) is 30.9 Å². The fourth-order valence-corrected chi connectivity index (χ4v) is 4.60. The van der Waals surface area contributed by atoms with Crippen LogP contribution in [0.2, 0.25) is 5.02 Å². The molecular weight excluding hydrogens is 348 g/mol. The highest BCUT2D eigenvalue weighted by Crippen LogP contribution is 2.32. The molecule has 1 aliphatic heterocycles. The Bertz CT molecular complexity index is 621. The number of ketones is 1. The predicted octanol–water partition coefficient (Wildman–Crippen LogP) is 4.80. The minimum Gasteiger partial charge on any atom is -0.496 e. The zero-order valence-corrected chi connectivity index (χ0v) is 16.6. The monoisotopic (exact) mass is 378 g/mol. The standard InChI is InChI=1S/C21H31ClN2O2/c1-26-21-13-19(23)18(22)12-17(21)20(25)11-15-7-9-24(10-8-15)14-16-5-3-2-4-6-16/h12-13,15-16H,2-11,14,23H2,1H3. The number of nitrogens with zero attached hydrogens (tertiary/aromatic N) is 1. The van der Waals surface area contributed by atoms with E-state index in [0.717, 1.165) is 31.8 Å². The summed E-state index contributed by atoms with van der Waals surface area (Å²) < 4.78 is 5.33. The second-order valence-electron chi connectivity index (χ2n) is 7.95. The molecule has 26 heavy (non-hydrogen) atoms. The smallest absolute Gasteiger partial charge is 0.166 e. The van der Waals surface area contributed by atoms with Gasteiger partial charge in [-0.05, 0) is 56.7 Å². The van der Waals surface area contributed by atoms with E-state index >= 15 is 0 Å². The van der Waals surface area contributed by atoms with Crippen LogP contribution < -0.4 is 10.5 Å². The first-order chi connectivity index (χ1) is 12.6. The third-order valence-electron chi connectivity index (χ3n) is 6.04. The van der Waals surface area contributed by atoms with Gasteiger partial charge in [0.1, 0.15) is 5.75 Å². The van der Waals surface area contributed by atoms with E-state index in [1.165, 1.54) is 38.6 Å². The molecule has 1 aromatic rings. The summed E-state index contributed by atoms with van der Waals surface area (Å²) in [6, 6.07) is 3.29. The first-order valence-electron chi connectivity index (χ1n) is 9.95. The maximum atomic E-state index is 12.8. The Labute approximate surface area is 162 Å². The van der Waals surface area contributed by atoms with Gasteiger partial charge in [0.25, 0.3) is 0 Å². The Morgan fingerprint density at radius 3 is 2.50 bits per heavy atom. The molecule has 0 atom stereocenters. The Morgan fingerprint density at radius 1 is 1.15 bits per heavy atom. The number of ether oxygens (including phenoxy) is 1. The molecule has 1 aliphatic carbocycles. The largest absolute Gasteiger partial charge is 0.496 e. The highest BCUT2D eigenvalue weighted by atomic mass is 35.5. The Balaban J connectivity index is 1.51. The number of piperidine rings is 1. The van der Waals surface area contributed by atoms with Crippen LogP contribution in [0.1, 0.15) is 61.7 Å². The maximum Gasteiger partial charge on any atom is 0.166 e. The minimum atomic E-state index is 0.106. The molecule has 2 aliphatic rings. The van der Waals surface area contributed by atoms with Crippen molar-refractivity contribution < 1.29 is 9.53 Å². The number of Topliss-reactive ketones (excluding diaryl/α,β-unsaturated/α-hetero) is 1. The number of nitrogens with two attached hydrogens (primary N) is 1. The number of hydrogen-bond donors (Lipinski definition) is 1.